The third-order valence-corrected chi connectivity index (χ3v) is 6.98. The van der Waals surface area contributed by atoms with Gasteiger partial charge in [-0.25, -0.2) is 4.79 Å². The molecule has 0 radical (unpaired) electrons. The highest BCUT2D eigenvalue weighted by Gasteiger charge is 2.36. The number of hydrogen-bond donors (Lipinski definition) is 3. The van der Waals surface area contributed by atoms with Gasteiger partial charge < -0.3 is 25.4 Å². The van der Waals surface area contributed by atoms with Gasteiger partial charge in [0, 0.05) is 19.5 Å². The van der Waals surface area contributed by atoms with Gasteiger partial charge in [-0.1, -0.05) is 82.3 Å². The highest BCUT2D eigenvalue weighted by atomic mass is 16.6. The van der Waals surface area contributed by atoms with E-state index in [-0.39, 0.29) is 24.0 Å². The van der Waals surface area contributed by atoms with Crippen molar-refractivity contribution in [3.8, 4) is 5.75 Å². The van der Waals surface area contributed by atoms with E-state index in [9.17, 15) is 19.5 Å². The van der Waals surface area contributed by atoms with Crippen molar-refractivity contribution in [3.05, 3.63) is 65.2 Å². The summed E-state index contributed by atoms with van der Waals surface area (Å²) in [4.78, 5) is 42.8. The highest BCUT2D eigenvalue weighted by molar-refractivity contribution is 5.92. The summed E-state index contributed by atoms with van der Waals surface area (Å²) in [5.74, 6) is -0.525. The zero-order valence-corrected chi connectivity index (χ0v) is 26.4. The number of rotatable bonds is 16. The van der Waals surface area contributed by atoms with Gasteiger partial charge in [0.2, 0.25) is 11.8 Å². The summed E-state index contributed by atoms with van der Waals surface area (Å²) in [6.45, 7) is 12.1. The van der Waals surface area contributed by atoms with Crippen LogP contribution in [0.25, 0.3) is 0 Å². The van der Waals surface area contributed by atoms with E-state index in [1.807, 2.05) is 30.3 Å². The fourth-order valence-electron chi connectivity index (χ4n) is 4.76. The number of carbonyl (C=O) groups is 3. The van der Waals surface area contributed by atoms with Crippen molar-refractivity contribution >= 4 is 17.9 Å². The molecule has 0 aromatic heterocycles. The molecule has 42 heavy (non-hydrogen) atoms. The molecule has 0 saturated carbocycles. The molecule has 0 aliphatic heterocycles. The molecule has 0 aliphatic carbocycles. The number of alkyl carbamates (subject to hydrolysis) is 1. The molecule has 3 amide bonds. The fraction of sp³-hybridized carbons (Fsp3) is 0.559. The molecule has 2 aromatic rings. The van der Waals surface area contributed by atoms with E-state index in [0.717, 1.165) is 44.1 Å². The molecule has 0 bridgehead atoms. The van der Waals surface area contributed by atoms with Crippen molar-refractivity contribution in [2.45, 2.75) is 111 Å². The number of amides is 3. The van der Waals surface area contributed by atoms with Crippen LogP contribution in [0.3, 0.4) is 0 Å². The standard InChI is InChI=1S/C34H51N3O5/c1-7-9-11-12-16-22-37(30(31(39)35-21-10-8-2)27-19-20-29(38)25(3)23-27)32(40)28(24-26-17-14-13-15-18-26)36-33(41)42-34(4,5)6/h13-15,17-20,23,28,30,38H,7-12,16,21-22,24H2,1-6H3,(H,35,39)(H,36,41). The smallest absolute Gasteiger partial charge is 0.408 e. The van der Waals surface area contributed by atoms with E-state index < -0.39 is 23.8 Å². The first-order valence-corrected chi connectivity index (χ1v) is 15.4. The first-order chi connectivity index (χ1) is 20.0. The van der Waals surface area contributed by atoms with Crippen LogP contribution in [0.1, 0.15) is 102 Å². The Morgan fingerprint density at radius 1 is 0.929 bits per heavy atom. The van der Waals surface area contributed by atoms with E-state index >= 15 is 0 Å². The van der Waals surface area contributed by atoms with Crippen molar-refractivity contribution in [1.29, 1.82) is 0 Å². The minimum absolute atomic E-state index is 0.120. The minimum Gasteiger partial charge on any atom is -0.508 e. The maximum absolute atomic E-state index is 14.5. The Bertz CT molecular complexity index is 1130. The van der Waals surface area contributed by atoms with Crippen LogP contribution in [0.4, 0.5) is 4.79 Å². The third kappa shape index (κ3) is 11.7. The molecule has 0 spiro atoms. The van der Waals surface area contributed by atoms with Gasteiger partial charge in [-0.3, -0.25) is 9.59 Å². The Labute approximate surface area is 252 Å². The number of nitrogens with zero attached hydrogens (tertiary/aromatic N) is 1. The lowest BCUT2D eigenvalue weighted by Crippen LogP contribution is -2.54. The van der Waals surface area contributed by atoms with Gasteiger partial charge in [0.25, 0.3) is 0 Å². The number of ether oxygens (including phenoxy) is 1. The van der Waals surface area contributed by atoms with Crippen LogP contribution < -0.4 is 10.6 Å². The molecule has 8 nitrogen and oxygen atoms in total. The summed E-state index contributed by atoms with van der Waals surface area (Å²) in [6, 6.07) is 12.6. The molecule has 2 unspecified atom stereocenters. The molecule has 8 heteroatoms. The zero-order chi connectivity index (χ0) is 31.1. The van der Waals surface area contributed by atoms with Gasteiger partial charge in [0.05, 0.1) is 0 Å². The Kier molecular flexibility index (Phi) is 14.4. The van der Waals surface area contributed by atoms with Crippen LogP contribution in [-0.2, 0) is 20.7 Å². The maximum atomic E-state index is 14.5. The summed E-state index contributed by atoms with van der Waals surface area (Å²) in [5.41, 5.74) is 1.35. The highest BCUT2D eigenvalue weighted by Crippen LogP contribution is 2.28. The van der Waals surface area contributed by atoms with E-state index in [1.54, 1.807) is 50.8 Å². The van der Waals surface area contributed by atoms with Crippen LogP contribution in [-0.4, -0.2) is 52.6 Å². The molecular weight excluding hydrogens is 530 g/mol. The quantitative estimate of drug-likeness (QED) is 0.194. The Morgan fingerprint density at radius 3 is 2.21 bits per heavy atom. The second-order valence-corrected chi connectivity index (χ2v) is 11.9. The topological polar surface area (TPSA) is 108 Å². The summed E-state index contributed by atoms with van der Waals surface area (Å²) < 4.78 is 5.52. The van der Waals surface area contributed by atoms with Gasteiger partial charge in [-0.2, -0.15) is 0 Å². The van der Waals surface area contributed by atoms with Crippen LogP contribution in [0.5, 0.6) is 5.75 Å². The van der Waals surface area contributed by atoms with E-state index in [1.165, 1.54) is 0 Å². The third-order valence-electron chi connectivity index (χ3n) is 6.98. The molecule has 0 aliphatic rings. The number of aryl methyl sites for hydroxylation is 1. The maximum Gasteiger partial charge on any atom is 0.408 e. The first kappa shape index (κ1) is 34.7. The summed E-state index contributed by atoms with van der Waals surface area (Å²) in [6.07, 6.45) is 6.14. The summed E-state index contributed by atoms with van der Waals surface area (Å²) in [7, 11) is 0. The summed E-state index contributed by atoms with van der Waals surface area (Å²) in [5, 5.41) is 16.0. The van der Waals surface area contributed by atoms with Gasteiger partial charge in [0.1, 0.15) is 23.4 Å². The number of unbranched alkanes of at least 4 members (excludes halogenated alkanes) is 5. The zero-order valence-electron chi connectivity index (χ0n) is 26.4. The van der Waals surface area contributed by atoms with Gasteiger partial charge in [-0.15, -0.1) is 0 Å². The van der Waals surface area contributed by atoms with Crippen LogP contribution >= 0.6 is 0 Å². The van der Waals surface area contributed by atoms with Crippen molar-refractivity contribution in [3.63, 3.8) is 0 Å². The van der Waals surface area contributed by atoms with Gasteiger partial charge >= 0.3 is 6.09 Å². The molecule has 0 fully saturated rings. The lowest BCUT2D eigenvalue weighted by atomic mass is 9.98. The average molecular weight is 582 g/mol. The van der Waals surface area contributed by atoms with Crippen molar-refractivity contribution in [2.75, 3.05) is 13.1 Å². The predicted molar refractivity (Wildman–Crippen MR) is 167 cm³/mol. The largest absolute Gasteiger partial charge is 0.508 e. The second kappa shape index (κ2) is 17.4. The monoisotopic (exact) mass is 581 g/mol. The van der Waals surface area contributed by atoms with Crippen LogP contribution in [0.15, 0.2) is 48.5 Å². The molecule has 3 N–H and O–H groups in total. The Morgan fingerprint density at radius 2 is 1.60 bits per heavy atom. The molecule has 0 heterocycles. The number of hydrogen-bond acceptors (Lipinski definition) is 5. The molecule has 2 atom stereocenters. The SMILES string of the molecule is CCCCCCCN(C(=O)C(Cc1ccccc1)NC(=O)OC(C)(C)C)C(C(=O)NCCCC)c1ccc(O)c(C)c1. The van der Waals surface area contributed by atoms with Crippen LogP contribution in [0.2, 0.25) is 0 Å². The number of benzene rings is 2. The average Bonchev–Trinajstić information content (AvgIpc) is 2.93. The van der Waals surface area contributed by atoms with E-state index in [4.69, 9.17) is 4.74 Å². The first-order valence-electron chi connectivity index (χ1n) is 15.4. The van der Waals surface area contributed by atoms with Gasteiger partial charge in [-0.05, 0) is 69.4 Å². The number of phenols is 1. The van der Waals surface area contributed by atoms with Crippen LogP contribution in [0, 0.1) is 6.92 Å². The van der Waals surface area contributed by atoms with E-state index in [2.05, 4.69) is 24.5 Å². The number of carbonyl (C=O) groups excluding carboxylic acids is 3. The second-order valence-electron chi connectivity index (χ2n) is 11.9. The lowest BCUT2D eigenvalue weighted by Gasteiger charge is -2.35. The molecular formula is C34H51N3O5. The van der Waals surface area contributed by atoms with Gasteiger partial charge in [0.15, 0.2) is 0 Å². The molecule has 0 saturated heterocycles. The van der Waals surface area contributed by atoms with Crippen molar-refractivity contribution < 1.29 is 24.2 Å². The molecule has 2 rings (SSSR count). The predicted octanol–water partition coefficient (Wildman–Crippen LogP) is 6.59. The van der Waals surface area contributed by atoms with Crippen molar-refractivity contribution in [1.82, 2.24) is 15.5 Å². The Hall–Kier alpha value is -3.55. The normalized spacial score (nSPS) is 12.7. The number of aromatic hydroxyl groups is 1. The number of phenolic OH excluding ortho intramolecular Hbond substituents is 1. The minimum atomic E-state index is -0.956. The number of nitrogens with one attached hydrogen (secondary N) is 2. The Balaban J connectivity index is 2.54. The molecule has 2 aromatic carbocycles. The van der Waals surface area contributed by atoms with Crippen molar-refractivity contribution in [2.24, 2.45) is 0 Å². The van der Waals surface area contributed by atoms with E-state index in [0.29, 0.717) is 30.6 Å². The fourth-order valence-corrected chi connectivity index (χ4v) is 4.76. The summed E-state index contributed by atoms with van der Waals surface area (Å²) >= 11 is 0. The molecule has 232 valence electrons. The lowest BCUT2D eigenvalue weighted by molar-refractivity contribution is -0.142.